The van der Waals surface area contributed by atoms with Gasteiger partial charge in [0.1, 0.15) is 6.10 Å². The highest BCUT2D eigenvalue weighted by Crippen LogP contribution is 2.89. The highest BCUT2D eigenvalue weighted by molar-refractivity contribution is 6.03. The normalized spacial score (nSPS) is 44.4. The van der Waals surface area contributed by atoms with E-state index in [9.17, 15) is 29.1 Å². The monoisotopic (exact) mass is 596 g/mol. The standard InChI is InChI=1S/C35H48O8/c1-17(18(2)31(40)41)29(39)30(43-23(7)37)20(4)28-26(42-22(6)36)16-33(9)27-11-10-24-19(3)25(38)12-13-34(24)21(5)35(27,34)15-14-32(28,33)8/h12-13,18-21,24,26-28,30H,1,10-11,14-16H2,2-9H3,(H,40,41)/t18?,19-,20?,21+,24?,26-,27-,28?,30+,32+,33-,34?,35-/m0/s1. The summed E-state index contributed by atoms with van der Waals surface area (Å²) in [5, 5.41) is 9.56. The van der Waals surface area contributed by atoms with E-state index >= 15 is 0 Å². The van der Waals surface area contributed by atoms with Gasteiger partial charge in [-0.2, -0.15) is 0 Å². The zero-order chi connectivity index (χ0) is 32.0. The summed E-state index contributed by atoms with van der Waals surface area (Å²) in [7, 11) is 0. The molecular weight excluding hydrogens is 548 g/mol. The Morgan fingerprint density at radius 1 is 1.02 bits per heavy atom. The number of rotatable bonds is 8. The van der Waals surface area contributed by atoms with Crippen molar-refractivity contribution in [3.8, 4) is 0 Å². The maximum absolute atomic E-state index is 13.8. The number of fused-ring (bicyclic) bond motifs is 2. The third-order valence-corrected chi connectivity index (χ3v) is 13.8. The second-order valence-corrected chi connectivity index (χ2v) is 15.0. The van der Waals surface area contributed by atoms with Gasteiger partial charge >= 0.3 is 17.9 Å². The van der Waals surface area contributed by atoms with Crippen LogP contribution in [0.25, 0.3) is 0 Å². The molecule has 2 spiro atoms. The summed E-state index contributed by atoms with van der Waals surface area (Å²) in [6, 6.07) is 0. The fourth-order valence-electron chi connectivity index (χ4n) is 11.7. The van der Waals surface area contributed by atoms with Crippen molar-refractivity contribution in [2.24, 2.45) is 63.1 Å². The van der Waals surface area contributed by atoms with Crippen LogP contribution in [0.5, 0.6) is 0 Å². The van der Waals surface area contributed by atoms with Gasteiger partial charge in [0.2, 0.25) is 0 Å². The number of ether oxygens (including phenoxy) is 2. The summed E-state index contributed by atoms with van der Waals surface area (Å²) in [6.07, 6.45) is 6.72. The summed E-state index contributed by atoms with van der Waals surface area (Å²) < 4.78 is 11.7. The van der Waals surface area contributed by atoms with Gasteiger partial charge in [0.15, 0.2) is 17.7 Å². The fraction of sp³-hybridized carbons (Fsp3) is 0.743. The van der Waals surface area contributed by atoms with Crippen LogP contribution < -0.4 is 0 Å². The number of carbonyl (C=O) groups excluding carboxylic acids is 4. The van der Waals surface area contributed by atoms with Crippen molar-refractivity contribution in [3.05, 3.63) is 24.3 Å². The zero-order valence-corrected chi connectivity index (χ0v) is 26.9. The molecule has 0 radical (unpaired) electrons. The molecule has 13 atom stereocenters. The average Bonchev–Trinajstić information content (AvgIpc) is 3.36. The van der Waals surface area contributed by atoms with Crippen LogP contribution in [-0.2, 0) is 33.4 Å². The zero-order valence-electron chi connectivity index (χ0n) is 26.9. The van der Waals surface area contributed by atoms with Crippen molar-refractivity contribution in [3.63, 3.8) is 0 Å². The van der Waals surface area contributed by atoms with Crippen LogP contribution >= 0.6 is 0 Å². The number of Topliss-reactive ketones (excluding diaryl/α,β-unsaturated/α-hetero) is 1. The number of carboxylic acid groups (broad SMARTS) is 1. The summed E-state index contributed by atoms with van der Waals surface area (Å²) in [6.45, 7) is 18.7. The van der Waals surface area contributed by atoms with E-state index in [1.807, 2.05) is 13.0 Å². The Balaban J connectivity index is 1.56. The molecular formula is C35H48O8. The van der Waals surface area contributed by atoms with Crippen molar-refractivity contribution < 1.29 is 38.6 Å². The van der Waals surface area contributed by atoms with Gasteiger partial charge in [0.25, 0.3) is 0 Å². The number of esters is 2. The number of aliphatic carboxylic acids is 1. The minimum Gasteiger partial charge on any atom is -0.481 e. The number of hydrogen-bond acceptors (Lipinski definition) is 7. The highest BCUT2D eigenvalue weighted by Gasteiger charge is 2.85. The van der Waals surface area contributed by atoms with Crippen LogP contribution in [0.4, 0.5) is 0 Å². The van der Waals surface area contributed by atoms with Gasteiger partial charge in [0, 0.05) is 42.6 Å². The quantitative estimate of drug-likeness (QED) is 0.284. The SMILES string of the molecule is C=C(C(=O)[C@H](OC(C)=O)C(C)C1[C@@H](OC(C)=O)C[C@@]2(C)[C@@H]3CCC4[C@H](C)C(=O)C=CC45[C@@H](C)[C@@]35CC[C@]12C)C(C)C(=O)O. The molecule has 1 N–H and O–H groups in total. The Labute approximate surface area is 255 Å². The van der Waals surface area contributed by atoms with Crippen molar-refractivity contribution in [2.75, 3.05) is 0 Å². The van der Waals surface area contributed by atoms with E-state index in [2.05, 4.69) is 40.3 Å². The first-order valence-electron chi connectivity index (χ1n) is 16.0. The van der Waals surface area contributed by atoms with Crippen LogP contribution in [0.15, 0.2) is 24.3 Å². The van der Waals surface area contributed by atoms with Crippen molar-refractivity contribution >= 4 is 29.5 Å². The topological polar surface area (TPSA) is 124 Å². The third kappa shape index (κ3) is 4.03. The molecule has 0 aromatic carbocycles. The van der Waals surface area contributed by atoms with Gasteiger partial charge in [-0.3, -0.25) is 24.0 Å². The lowest BCUT2D eigenvalue weighted by Gasteiger charge is -2.61. The summed E-state index contributed by atoms with van der Waals surface area (Å²) in [5.41, 5.74) is -0.680. The van der Waals surface area contributed by atoms with Crippen LogP contribution in [-0.4, -0.2) is 46.8 Å². The molecule has 0 heterocycles. The number of carbonyl (C=O) groups is 5. The predicted molar refractivity (Wildman–Crippen MR) is 158 cm³/mol. The molecule has 0 aromatic rings. The molecule has 0 aliphatic heterocycles. The Kier molecular flexibility index (Phi) is 7.46. The van der Waals surface area contributed by atoms with Gasteiger partial charge in [-0.05, 0) is 79.1 Å². The van der Waals surface area contributed by atoms with Crippen LogP contribution in [0, 0.1) is 63.1 Å². The molecule has 0 saturated heterocycles. The summed E-state index contributed by atoms with van der Waals surface area (Å²) in [4.78, 5) is 63.0. The van der Waals surface area contributed by atoms with E-state index in [-0.39, 0.29) is 44.9 Å². The van der Waals surface area contributed by atoms with Gasteiger partial charge < -0.3 is 14.6 Å². The first-order valence-corrected chi connectivity index (χ1v) is 16.0. The smallest absolute Gasteiger partial charge is 0.310 e. The highest BCUT2D eigenvalue weighted by atomic mass is 16.6. The van der Waals surface area contributed by atoms with Gasteiger partial charge in [0.05, 0.1) is 5.92 Å². The van der Waals surface area contributed by atoms with Crippen molar-refractivity contribution in [1.29, 1.82) is 0 Å². The molecule has 0 aromatic heterocycles. The van der Waals surface area contributed by atoms with Crippen LogP contribution in [0.2, 0.25) is 0 Å². The first kappa shape index (κ1) is 31.6. The van der Waals surface area contributed by atoms with Gasteiger partial charge in [-0.1, -0.05) is 47.3 Å². The summed E-state index contributed by atoms with van der Waals surface area (Å²) >= 11 is 0. The van der Waals surface area contributed by atoms with Gasteiger partial charge in [-0.15, -0.1) is 0 Å². The van der Waals surface area contributed by atoms with E-state index in [4.69, 9.17) is 9.47 Å². The lowest BCUT2D eigenvalue weighted by Crippen LogP contribution is -2.56. The Bertz CT molecular complexity index is 1310. The molecule has 4 fully saturated rings. The van der Waals surface area contributed by atoms with Crippen LogP contribution in [0.1, 0.15) is 87.5 Å². The lowest BCUT2D eigenvalue weighted by molar-refractivity contribution is -0.166. The van der Waals surface area contributed by atoms with E-state index in [0.717, 1.165) is 25.7 Å². The molecule has 5 rings (SSSR count). The van der Waals surface area contributed by atoms with Crippen molar-refractivity contribution in [1.82, 2.24) is 0 Å². The molecule has 236 valence electrons. The molecule has 8 nitrogen and oxygen atoms in total. The molecule has 0 bridgehead atoms. The van der Waals surface area contributed by atoms with E-state index in [1.165, 1.54) is 20.8 Å². The van der Waals surface area contributed by atoms with Crippen molar-refractivity contribution in [2.45, 2.75) is 99.7 Å². The lowest BCUT2D eigenvalue weighted by atomic mass is 9.43. The fourth-order valence-corrected chi connectivity index (χ4v) is 11.7. The predicted octanol–water partition coefficient (Wildman–Crippen LogP) is 5.58. The van der Waals surface area contributed by atoms with Crippen LogP contribution in [0.3, 0.4) is 0 Å². The van der Waals surface area contributed by atoms with Gasteiger partial charge in [-0.25, -0.2) is 0 Å². The molecule has 0 amide bonds. The molecule has 5 unspecified atom stereocenters. The largest absolute Gasteiger partial charge is 0.481 e. The molecule has 8 heteroatoms. The van der Waals surface area contributed by atoms with E-state index < -0.39 is 47.7 Å². The maximum Gasteiger partial charge on any atom is 0.310 e. The third-order valence-electron chi connectivity index (χ3n) is 13.8. The number of allylic oxidation sites excluding steroid dienone is 2. The first-order chi connectivity index (χ1) is 19.9. The second-order valence-electron chi connectivity index (χ2n) is 15.0. The maximum atomic E-state index is 13.8. The molecule has 5 aliphatic rings. The minimum atomic E-state index is -1.25. The summed E-state index contributed by atoms with van der Waals surface area (Å²) in [5.74, 6) is -3.51. The molecule has 4 saturated carbocycles. The Hall–Kier alpha value is -2.77. The Morgan fingerprint density at radius 2 is 1.67 bits per heavy atom. The average molecular weight is 597 g/mol. The molecule has 5 aliphatic carbocycles. The number of hydrogen-bond donors (Lipinski definition) is 1. The Morgan fingerprint density at radius 3 is 2.26 bits per heavy atom. The van der Waals surface area contributed by atoms with E-state index in [0.29, 0.717) is 24.2 Å². The minimum absolute atomic E-state index is 0.00479. The second kappa shape index (κ2) is 10.1. The number of ketones is 2. The van der Waals surface area contributed by atoms with E-state index in [1.54, 1.807) is 0 Å². The molecule has 43 heavy (non-hydrogen) atoms. The number of carboxylic acids is 1.